The third kappa shape index (κ3) is 3.44. The van der Waals surface area contributed by atoms with Crippen molar-refractivity contribution in [3.63, 3.8) is 0 Å². The van der Waals surface area contributed by atoms with Gasteiger partial charge in [-0.1, -0.05) is 11.6 Å². The van der Waals surface area contributed by atoms with Gasteiger partial charge in [0, 0.05) is 29.8 Å². The largest absolute Gasteiger partial charge is 0.497 e. The molecule has 1 amide bonds. The molecule has 5 rings (SSSR count). The van der Waals surface area contributed by atoms with Gasteiger partial charge in [-0.25, -0.2) is 9.98 Å². The summed E-state index contributed by atoms with van der Waals surface area (Å²) in [5, 5.41) is 3.60. The molecule has 1 spiro atoms. The molecule has 1 saturated carbocycles. The second-order valence-corrected chi connectivity index (χ2v) is 8.57. The fraction of sp³-hybridized carbons (Fsp3) is 0.409. The van der Waals surface area contributed by atoms with Crippen LogP contribution in [0.2, 0.25) is 5.02 Å². The SMILES string of the molecule is COc1ccc2c(c1)O[C@H]1CC[C@H](NC(=O)c3ccc(Cl)cn3)C[C@@H]1C21COC(N)=N1. The predicted octanol–water partition coefficient (Wildman–Crippen LogP) is 2.64. The lowest BCUT2D eigenvalue weighted by atomic mass is 9.67. The van der Waals surface area contributed by atoms with E-state index in [0.29, 0.717) is 23.7 Å². The third-order valence-corrected chi connectivity index (χ3v) is 6.60. The Morgan fingerprint density at radius 1 is 1.32 bits per heavy atom. The number of methoxy groups -OCH3 is 1. The predicted molar refractivity (Wildman–Crippen MR) is 115 cm³/mol. The van der Waals surface area contributed by atoms with Crippen LogP contribution < -0.4 is 20.5 Å². The van der Waals surface area contributed by atoms with Gasteiger partial charge in [0.1, 0.15) is 35.4 Å². The molecular weight excluding hydrogens is 420 g/mol. The van der Waals surface area contributed by atoms with Crippen molar-refractivity contribution in [2.75, 3.05) is 13.7 Å². The number of hydrogen-bond acceptors (Lipinski definition) is 7. The number of rotatable bonds is 3. The lowest BCUT2D eigenvalue weighted by Crippen LogP contribution is -2.54. The van der Waals surface area contributed by atoms with Crippen LogP contribution in [0.1, 0.15) is 35.3 Å². The van der Waals surface area contributed by atoms with E-state index in [0.717, 1.165) is 29.9 Å². The van der Waals surface area contributed by atoms with Crippen LogP contribution in [-0.4, -0.2) is 42.8 Å². The zero-order valence-corrected chi connectivity index (χ0v) is 17.8. The number of fused-ring (bicyclic) bond motifs is 4. The van der Waals surface area contributed by atoms with E-state index < -0.39 is 5.54 Å². The minimum absolute atomic E-state index is 0.00618. The fourth-order valence-corrected chi connectivity index (χ4v) is 5.02. The summed E-state index contributed by atoms with van der Waals surface area (Å²) in [7, 11) is 1.63. The van der Waals surface area contributed by atoms with Gasteiger partial charge in [-0.2, -0.15) is 0 Å². The number of ether oxygens (including phenoxy) is 3. The number of nitrogens with two attached hydrogens (primary N) is 1. The molecule has 0 saturated heterocycles. The standard InChI is InChI=1S/C22H23ClN4O4/c1-29-14-4-5-15-19(9-14)31-18-7-3-13(8-16(18)22(15)11-30-21(24)27-22)26-20(28)17-6-2-12(23)10-25-17/h2,4-6,9-10,13,16,18H,3,7-8,11H2,1H3,(H2,24,27)(H,26,28)/t13-,16-,18-,22?/m0/s1. The topological polar surface area (TPSA) is 108 Å². The molecule has 2 aromatic rings. The van der Waals surface area contributed by atoms with Gasteiger partial charge in [0.05, 0.1) is 12.1 Å². The highest BCUT2D eigenvalue weighted by atomic mass is 35.5. The first-order valence-electron chi connectivity index (χ1n) is 10.2. The molecule has 9 heteroatoms. The van der Waals surface area contributed by atoms with Crippen LogP contribution in [-0.2, 0) is 10.3 Å². The van der Waals surface area contributed by atoms with Crippen molar-refractivity contribution in [2.45, 2.75) is 36.9 Å². The van der Waals surface area contributed by atoms with Crippen molar-refractivity contribution >= 4 is 23.5 Å². The molecule has 1 unspecified atom stereocenters. The molecule has 1 aromatic carbocycles. The molecule has 162 valence electrons. The van der Waals surface area contributed by atoms with Crippen LogP contribution in [0.15, 0.2) is 41.5 Å². The maximum absolute atomic E-state index is 12.7. The summed E-state index contributed by atoms with van der Waals surface area (Å²) in [6.45, 7) is 0.349. The maximum atomic E-state index is 12.7. The van der Waals surface area contributed by atoms with Crippen molar-refractivity contribution in [3.8, 4) is 11.5 Å². The average Bonchev–Trinajstić information content (AvgIpc) is 3.16. The Hall–Kier alpha value is -3.00. The third-order valence-electron chi connectivity index (χ3n) is 6.38. The highest BCUT2D eigenvalue weighted by molar-refractivity contribution is 6.30. The van der Waals surface area contributed by atoms with Gasteiger partial charge >= 0.3 is 0 Å². The van der Waals surface area contributed by atoms with Crippen LogP contribution in [0.4, 0.5) is 0 Å². The summed E-state index contributed by atoms with van der Waals surface area (Å²) < 4.78 is 17.4. The maximum Gasteiger partial charge on any atom is 0.283 e. The summed E-state index contributed by atoms with van der Waals surface area (Å²) in [5.74, 6) is 1.25. The number of nitrogens with zero attached hydrogens (tertiary/aromatic N) is 2. The van der Waals surface area contributed by atoms with Crippen LogP contribution in [0.3, 0.4) is 0 Å². The van der Waals surface area contributed by atoms with E-state index in [1.54, 1.807) is 19.2 Å². The highest BCUT2D eigenvalue weighted by Crippen LogP contribution is 2.52. The average molecular weight is 443 g/mol. The first-order chi connectivity index (χ1) is 15.0. The van der Waals surface area contributed by atoms with Gasteiger partial charge in [0.15, 0.2) is 0 Å². The molecule has 0 radical (unpaired) electrons. The number of carbonyl (C=O) groups is 1. The van der Waals surface area contributed by atoms with Gasteiger partial charge in [-0.3, -0.25) is 4.79 Å². The Bertz CT molecular complexity index is 1040. The minimum atomic E-state index is -0.642. The van der Waals surface area contributed by atoms with Crippen molar-refractivity contribution in [2.24, 2.45) is 16.6 Å². The van der Waals surface area contributed by atoms with E-state index in [-0.39, 0.29) is 30.0 Å². The van der Waals surface area contributed by atoms with E-state index in [9.17, 15) is 4.79 Å². The monoisotopic (exact) mass is 442 g/mol. The van der Waals surface area contributed by atoms with Gasteiger partial charge in [-0.05, 0) is 43.5 Å². The molecule has 31 heavy (non-hydrogen) atoms. The molecule has 8 nitrogen and oxygen atoms in total. The van der Waals surface area contributed by atoms with E-state index in [4.69, 9.17) is 36.5 Å². The van der Waals surface area contributed by atoms with Gasteiger partial charge in [0.2, 0.25) is 0 Å². The zero-order valence-electron chi connectivity index (χ0n) is 17.0. The summed E-state index contributed by atoms with van der Waals surface area (Å²) in [5.41, 5.74) is 6.58. The molecule has 1 fully saturated rings. The number of amides is 1. The summed E-state index contributed by atoms with van der Waals surface area (Å²) in [4.78, 5) is 21.6. The number of nitrogens with one attached hydrogen (secondary N) is 1. The number of hydrogen-bond donors (Lipinski definition) is 2. The Balaban J connectivity index is 1.42. The van der Waals surface area contributed by atoms with Crippen molar-refractivity contribution in [1.29, 1.82) is 0 Å². The van der Waals surface area contributed by atoms with E-state index in [1.807, 2.05) is 18.2 Å². The molecule has 3 N–H and O–H groups in total. The Labute approximate surface area is 184 Å². The minimum Gasteiger partial charge on any atom is -0.497 e. The van der Waals surface area contributed by atoms with Crippen LogP contribution >= 0.6 is 11.6 Å². The normalized spacial score (nSPS) is 28.6. The van der Waals surface area contributed by atoms with Crippen molar-refractivity contribution in [1.82, 2.24) is 10.3 Å². The second kappa shape index (κ2) is 7.60. The molecule has 3 heterocycles. The number of aromatic nitrogens is 1. The zero-order chi connectivity index (χ0) is 21.6. The number of amidine groups is 1. The lowest BCUT2D eigenvalue weighted by molar-refractivity contribution is -0.00207. The van der Waals surface area contributed by atoms with Crippen molar-refractivity contribution < 1.29 is 19.0 Å². The highest BCUT2D eigenvalue weighted by Gasteiger charge is 2.55. The number of carbonyl (C=O) groups excluding carboxylic acids is 1. The summed E-state index contributed by atoms with van der Waals surface area (Å²) in [6, 6.07) is 9.16. The number of halogens is 1. The fourth-order valence-electron chi connectivity index (χ4n) is 4.91. The Kier molecular flexibility index (Phi) is 4.89. The van der Waals surface area contributed by atoms with Gasteiger partial charge < -0.3 is 25.3 Å². The van der Waals surface area contributed by atoms with Gasteiger partial charge in [0.25, 0.3) is 11.9 Å². The molecule has 1 aromatic heterocycles. The second-order valence-electron chi connectivity index (χ2n) is 8.13. The van der Waals surface area contributed by atoms with Crippen LogP contribution in [0.5, 0.6) is 11.5 Å². The van der Waals surface area contributed by atoms with E-state index in [1.165, 1.54) is 6.20 Å². The van der Waals surface area contributed by atoms with Gasteiger partial charge in [-0.15, -0.1) is 0 Å². The molecular formula is C22H23ClN4O4. The smallest absolute Gasteiger partial charge is 0.283 e. The van der Waals surface area contributed by atoms with E-state index in [2.05, 4.69) is 10.3 Å². The lowest BCUT2D eigenvalue weighted by Gasteiger charge is -2.48. The number of pyridine rings is 1. The Morgan fingerprint density at radius 2 is 2.19 bits per heavy atom. The van der Waals surface area contributed by atoms with E-state index >= 15 is 0 Å². The number of benzene rings is 1. The quantitative estimate of drug-likeness (QED) is 0.756. The van der Waals surface area contributed by atoms with Crippen LogP contribution in [0, 0.1) is 5.92 Å². The first-order valence-corrected chi connectivity index (χ1v) is 10.6. The summed E-state index contributed by atoms with van der Waals surface area (Å²) >= 11 is 5.88. The first kappa shape index (κ1) is 19.9. The van der Waals surface area contributed by atoms with Crippen molar-refractivity contribution in [3.05, 3.63) is 52.8 Å². The molecule has 0 bridgehead atoms. The molecule has 2 aliphatic heterocycles. The molecule has 1 aliphatic carbocycles. The van der Waals surface area contributed by atoms with Crippen LogP contribution in [0.25, 0.3) is 0 Å². The Morgan fingerprint density at radius 3 is 2.90 bits per heavy atom. The molecule has 4 atom stereocenters. The summed E-state index contributed by atoms with van der Waals surface area (Å²) in [6.07, 6.45) is 3.67. The number of aliphatic imine (C=N–C) groups is 1. The molecule has 3 aliphatic rings.